The topological polar surface area (TPSA) is 82.4 Å². The number of ether oxygens (including phenoxy) is 2. The maximum atomic E-state index is 12.5. The molecule has 0 saturated carbocycles. The number of benzene rings is 3. The van der Waals surface area contributed by atoms with Crippen molar-refractivity contribution >= 4 is 16.7 Å². The first-order chi connectivity index (χ1) is 14.6. The second-order valence-electron chi connectivity index (χ2n) is 6.84. The van der Waals surface area contributed by atoms with Gasteiger partial charge in [0.2, 0.25) is 0 Å². The van der Waals surface area contributed by atoms with Gasteiger partial charge in [0.15, 0.2) is 6.61 Å². The number of fused-ring (bicyclic) bond motifs is 1. The highest BCUT2D eigenvalue weighted by molar-refractivity contribution is 5.84. The molecule has 4 aromatic rings. The minimum Gasteiger partial charge on any atom is -0.497 e. The van der Waals surface area contributed by atoms with Gasteiger partial charge in [0.25, 0.3) is 5.91 Å². The van der Waals surface area contributed by atoms with Crippen LogP contribution < -0.4 is 9.47 Å². The largest absolute Gasteiger partial charge is 0.497 e. The van der Waals surface area contributed by atoms with Crippen molar-refractivity contribution in [1.82, 2.24) is 25.1 Å². The number of amides is 1. The van der Waals surface area contributed by atoms with Crippen molar-refractivity contribution in [3.63, 3.8) is 0 Å². The summed E-state index contributed by atoms with van der Waals surface area (Å²) in [6, 6.07) is 19.3. The number of aromatic nitrogens is 4. The Morgan fingerprint density at radius 1 is 1.03 bits per heavy atom. The first kappa shape index (κ1) is 19.4. The molecule has 0 bridgehead atoms. The van der Waals surface area contributed by atoms with Crippen LogP contribution >= 0.6 is 0 Å². The van der Waals surface area contributed by atoms with Crippen molar-refractivity contribution in [2.75, 3.05) is 20.8 Å². The van der Waals surface area contributed by atoms with Crippen molar-refractivity contribution in [3.05, 3.63) is 72.6 Å². The zero-order valence-electron chi connectivity index (χ0n) is 16.7. The average molecular weight is 403 g/mol. The summed E-state index contributed by atoms with van der Waals surface area (Å²) >= 11 is 0. The van der Waals surface area contributed by atoms with Gasteiger partial charge in [-0.15, -0.1) is 5.10 Å². The van der Waals surface area contributed by atoms with Crippen LogP contribution in [-0.4, -0.2) is 51.8 Å². The lowest BCUT2D eigenvalue weighted by molar-refractivity contribution is -0.132. The fourth-order valence-electron chi connectivity index (χ4n) is 3.11. The smallest absolute Gasteiger partial charge is 0.260 e. The van der Waals surface area contributed by atoms with Gasteiger partial charge in [-0.1, -0.05) is 24.3 Å². The predicted octanol–water partition coefficient (Wildman–Crippen LogP) is 2.86. The molecule has 1 aromatic heterocycles. The van der Waals surface area contributed by atoms with Crippen molar-refractivity contribution in [2.45, 2.75) is 6.54 Å². The van der Waals surface area contributed by atoms with Crippen LogP contribution in [0.15, 0.2) is 67.0 Å². The predicted molar refractivity (Wildman–Crippen MR) is 112 cm³/mol. The van der Waals surface area contributed by atoms with Gasteiger partial charge in [-0.3, -0.25) is 4.79 Å². The molecule has 8 nitrogen and oxygen atoms in total. The highest BCUT2D eigenvalue weighted by Crippen LogP contribution is 2.22. The van der Waals surface area contributed by atoms with E-state index in [1.807, 2.05) is 42.5 Å². The summed E-state index contributed by atoms with van der Waals surface area (Å²) in [6.07, 6.45) is 1.50. The molecule has 30 heavy (non-hydrogen) atoms. The summed E-state index contributed by atoms with van der Waals surface area (Å²) in [5.74, 6) is 1.28. The van der Waals surface area contributed by atoms with E-state index >= 15 is 0 Å². The molecule has 0 atom stereocenters. The lowest BCUT2D eigenvalue weighted by atomic mass is 10.1. The second-order valence-corrected chi connectivity index (χ2v) is 6.84. The molecule has 0 aliphatic carbocycles. The molecule has 0 N–H and O–H groups in total. The Balaban J connectivity index is 1.37. The van der Waals surface area contributed by atoms with Crippen LogP contribution in [0, 0.1) is 0 Å². The molecule has 8 heteroatoms. The van der Waals surface area contributed by atoms with E-state index in [0.717, 1.165) is 27.8 Å². The molecule has 0 spiro atoms. The van der Waals surface area contributed by atoms with Gasteiger partial charge in [0, 0.05) is 19.7 Å². The number of hydrogen-bond donors (Lipinski definition) is 0. The summed E-state index contributed by atoms with van der Waals surface area (Å²) in [5, 5.41) is 13.3. The van der Waals surface area contributed by atoms with E-state index in [0.29, 0.717) is 12.3 Å². The molecule has 0 fully saturated rings. The lowest BCUT2D eigenvalue weighted by Gasteiger charge is -2.18. The van der Waals surface area contributed by atoms with Crippen molar-refractivity contribution in [3.8, 4) is 17.2 Å². The van der Waals surface area contributed by atoms with Gasteiger partial charge < -0.3 is 14.4 Å². The van der Waals surface area contributed by atoms with E-state index in [1.54, 1.807) is 31.2 Å². The Bertz CT molecular complexity index is 1160. The summed E-state index contributed by atoms with van der Waals surface area (Å²) in [7, 11) is 3.42. The van der Waals surface area contributed by atoms with Crippen LogP contribution in [-0.2, 0) is 11.3 Å². The van der Waals surface area contributed by atoms with Crippen molar-refractivity contribution < 1.29 is 14.3 Å². The molecule has 0 unspecified atom stereocenters. The molecule has 0 aliphatic rings. The van der Waals surface area contributed by atoms with Crippen LogP contribution in [0.4, 0.5) is 0 Å². The first-order valence-electron chi connectivity index (χ1n) is 9.39. The SMILES string of the molecule is COc1ccc2cc(CN(C)C(=O)COc3cccc(-n4cnnn4)c3)ccc2c1. The van der Waals surface area contributed by atoms with Gasteiger partial charge in [-0.2, -0.15) is 0 Å². The number of carbonyl (C=O) groups is 1. The Labute approximate surface area is 173 Å². The van der Waals surface area contributed by atoms with E-state index < -0.39 is 0 Å². The van der Waals surface area contributed by atoms with E-state index in [-0.39, 0.29) is 12.5 Å². The van der Waals surface area contributed by atoms with Crippen molar-refractivity contribution in [2.24, 2.45) is 0 Å². The van der Waals surface area contributed by atoms with Gasteiger partial charge in [-0.25, -0.2) is 4.68 Å². The van der Waals surface area contributed by atoms with Crippen LogP contribution in [0.5, 0.6) is 11.5 Å². The summed E-state index contributed by atoms with van der Waals surface area (Å²) in [4.78, 5) is 14.2. The summed E-state index contributed by atoms with van der Waals surface area (Å²) in [5.41, 5.74) is 1.80. The number of rotatable bonds is 7. The molecule has 0 saturated heterocycles. The fraction of sp³-hybridized carbons (Fsp3) is 0.182. The minimum absolute atomic E-state index is 0.0552. The maximum Gasteiger partial charge on any atom is 0.260 e. The number of hydrogen-bond acceptors (Lipinski definition) is 6. The number of carbonyl (C=O) groups excluding carboxylic acids is 1. The first-order valence-corrected chi connectivity index (χ1v) is 9.39. The minimum atomic E-state index is -0.113. The summed E-state index contributed by atoms with van der Waals surface area (Å²) < 4.78 is 12.5. The van der Waals surface area contributed by atoms with Gasteiger partial charge in [-0.05, 0) is 57.1 Å². The van der Waals surface area contributed by atoms with Crippen LogP contribution in [0.25, 0.3) is 16.5 Å². The van der Waals surface area contributed by atoms with Crippen LogP contribution in [0.3, 0.4) is 0 Å². The third kappa shape index (κ3) is 4.38. The standard InChI is InChI=1S/C22H21N5O3/c1-26(13-16-6-7-18-11-20(29-2)9-8-17(18)10-16)22(28)14-30-21-5-3-4-19(12-21)27-15-23-24-25-27/h3-12,15H,13-14H2,1-2H3. The highest BCUT2D eigenvalue weighted by atomic mass is 16.5. The normalized spacial score (nSPS) is 10.7. The van der Waals surface area contributed by atoms with Gasteiger partial charge >= 0.3 is 0 Å². The molecule has 1 amide bonds. The Kier molecular flexibility index (Phi) is 5.56. The molecule has 0 aliphatic heterocycles. The Morgan fingerprint density at radius 2 is 1.87 bits per heavy atom. The van der Waals surface area contributed by atoms with Gasteiger partial charge in [0.05, 0.1) is 12.8 Å². The molecule has 4 rings (SSSR count). The molecule has 152 valence electrons. The van der Waals surface area contributed by atoms with Gasteiger partial charge in [0.1, 0.15) is 17.8 Å². The molecular formula is C22H21N5O3. The van der Waals surface area contributed by atoms with Crippen molar-refractivity contribution in [1.29, 1.82) is 0 Å². The molecule has 3 aromatic carbocycles. The Morgan fingerprint density at radius 3 is 2.67 bits per heavy atom. The third-order valence-electron chi connectivity index (χ3n) is 4.75. The number of nitrogens with zero attached hydrogens (tertiary/aromatic N) is 5. The molecular weight excluding hydrogens is 382 g/mol. The number of methoxy groups -OCH3 is 1. The highest BCUT2D eigenvalue weighted by Gasteiger charge is 2.11. The fourth-order valence-corrected chi connectivity index (χ4v) is 3.11. The Hall–Kier alpha value is -3.94. The van der Waals surface area contributed by atoms with E-state index in [4.69, 9.17) is 9.47 Å². The quantitative estimate of drug-likeness (QED) is 0.472. The monoisotopic (exact) mass is 403 g/mol. The van der Waals surface area contributed by atoms with E-state index in [1.165, 1.54) is 11.0 Å². The third-order valence-corrected chi connectivity index (χ3v) is 4.75. The number of likely N-dealkylation sites (N-methyl/N-ethyl adjacent to an activating group) is 1. The van der Waals surface area contributed by atoms with Crippen LogP contribution in [0.1, 0.15) is 5.56 Å². The zero-order valence-corrected chi connectivity index (χ0v) is 16.7. The van der Waals surface area contributed by atoms with E-state index in [9.17, 15) is 4.79 Å². The lowest BCUT2D eigenvalue weighted by Crippen LogP contribution is -2.30. The molecule has 1 heterocycles. The van der Waals surface area contributed by atoms with Crippen LogP contribution in [0.2, 0.25) is 0 Å². The second kappa shape index (κ2) is 8.60. The number of tetrazole rings is 1. The molecule has 0 radical (unpaired) electrons. The summed E-state index contributed by atoms with van der Waals surface area (Å²) in [6.45, 7) is 0.440. The van der Waals surface area contributed by atoms with E-state index in [2.05, 4.69) is 21.6 Å². The average Bonchev–Trinajstić information content (AvgIpc) is 3.32. The zero-order chi connectivity index (χ0) is 20.9. The maximum absolute atomic E-state index is 12.5.